The molecule has 21 heavy (non-hydrogen) atoms. The van der Waals surface area contributed by atoms with Gasteiger partial charge in [0.05, 0.1) is 6.61 Å². The number of fused-ring (bicyclic) bond motifs is 1. The van der Waals surface area contributed by atoms with Gasteiger partial charge >= 0.3 is 0 Å². The monoisotopic (exact) mass is 287 g/mol. The maximum absolute atomic E-state index is 13.6. The predicted molar refractivity (Wildman–Crippen MR) is 78.5 cm³/mol. The van der Waals surface area contributed by atoms with Crippen LogP contribution in [-0.2, 0) is 24.3 Å². The number of halogens is 1. The van der Waals surface area contributed by atoms with E-state index in [0.717, 1.165) is 36.4 Å². The zero-order valence-corrected chi connectivity index (χ0v) is 11.8. The maximum Gasteiger partial charge on any atom is 0.189 e. The summed E-state index contributed by atoms with van der Waals surface area (Å²) < 4.78 is 24.3. The topological polar surface area (TPSA) is 30.5 Å². The van der Waals surface area contributed by atoms with E-state index in [1.165, 1.54) is 11.6 Å². The number of hydrogen-bond acceptors (Lipinski definition) is 3. The first-order valence-electron chi connectivity index (χ1n) is 7.09. The molecule has 0 unspecified atom stereocenters. The lowest BCUT2D eigenvalue weighted by Crippen LogP contribution is -2.19. The van der Waals surface area contributed by atoms with Crippen molar-refractivity contribution in [3.63, 3.8) is 0 Å². The fraction of sp³-hybridized carbons (Fsp3) is 0.294. The molecular weight excluding hydrogens is 269 g/mol. The lowest BCUT2D eigenvalue weighted by atomic mass is 10.1. The second-order valence-electron chi connectivity index (χ2n) is 5.08. The molecule has 3 nitrogen and oxygen atoms in total. The number of rotatable bonds is 5. The van der Waals surface area contributed by atoms with Crippen LogP contribution in [0.5, 0.6) is 5.75 Å². The van der Waals surface area contributed by atoms with E-state index in [0.29, 0.717) is 6.61 Å². The van der Waals surface area contributed by atoms with Gasteiger partial charge in [-0.25, -0.2) is 4.39 Å². The number of nitrogens with one attached hydrogen (secondary N) is 1. The summed E-state index contributed by atoms with van der Waals surface area (Å²) in [6, 6.07) is 13.2. The summed E-state index contributed by atoms with van der Waals surface area (Å²) in [5, 5.41) is 3.37. The predicted octanol–water partition coefficient (Wildman–Crippen LogP) is 3.02. The molecule has 1 aliphatic heterocycles. The molecule has 3 rings (SSSR count). The van der Waals surface area contributed by atoms with E-state index in [1.54, 1.807) is 6.07 Å². The molecule has 0 amide bonds. The lowest BCUT2D eigenvalue weighted by Gasteiger charge is -2.21. The van der Waals surface area contributed by atoms with Crippen molar-refractivity contribution in [3.8, 4) is 5.75 Å². The summed E-state index contributed by atoms with van der Waals surface area (Å²) in [5.74, 6) is 0.546. The Labute approximate surface area is 123 Å². The molecule has 1 aliphatic rings. The van der Waals surface area contributed by atoms with Crippen molar-refractivity contribution in [2.24, 2.45) is 0 Å². The summed E-state index contributed by atoms with van der Waals surface area (Å²) in [7, 11) is 0. The van der Waals surface area contributed by atoms with E-state index in [1.807, 2.05) is 18.2 Å². The first-order valence-corrected chi connectivity index (χ1v) is 7.09. The van der Waals surface area contributed by atoms with Crippen molar-refractivity contribution in [1.29, 1.82) is 0 Å². The Balaban J connectivity index is 1.59. The fourth-order valence-electron chi connectivity index (χ4n) is 2.49. The molecule has 110 valence electrons. The van der Waals surface area contributed by atoms with Crippen molar-refractivity contribution in [2.45, 2.75) is 19.6 Å². The van der Waals surface area contributed by atoms with E-state index in [-0.39, 0.29) is 12.6 Å². The molecule has 0 aromatic heterocycles. The van der Waals surface area contributed by atoms with Crippen LogP contribution < -0.4 is 10.1 Å². The highest BCUT2D eigenvalue weighted by Crippen LogP contribution is 2.29. The van der Waals surface area contributed by atoms with Gasteiger partial charge in [-0.05, 0) is 36.2 Å². The van der Waals surface area contributed by atoms with Crippen LogP contribution in [0, 0.1) is 5.82 Å². The van der Waals surface area contributed by atoms with Gasteiger partial charge in [0.15, 0.2) is 6.79 Å². The number of hydrogen-bond donors (Lipinski definition) is 1. The molecule has 0 bridgehead atoms. The molecule has 0 aliphatic carbocycles. The first kappa shape index (κ1) is 14.0. The second-order valence-corrected chi connectivity index (χ2v) is 5.08. The lowest BCUT2D eigenvalue weighted by molar-refractivity contribution is -0.0172. The molecule has 1 N–H and O–H groups in total. The molecule has 0 fully saturated rings. The minimum atomic E-state index is -0.235. The number of ether oxygens (including phenoxy) is 2. The molecule has 0 saturated carbocycles. The minimum Gasteiger partial charge on any atom is -0.467 e. The van der Waals surface area contributed by atoms with Crippen LogP contribution in [-0.4, -0.2) is 13.3 Å². The Morgan fingerprint density at radius 1 is 1.14 bits per heavy atom. The van der Waals surface area contributed by atoms with Crippen LogP contribution in [0.3, 0.4) is 0 Å². The Morgan fingerprint density at radius 3 is 2.86 bits per heavy atom. The molecular formula is C17H18FNO2. The average molecular weight is 287 g/mol. The molecule has 2 aromatic carbocycles. The summed E-state index contributed by atoms with van der Waals surface area (Å²) in [6.07, 6.45) is 0.729. The van der Waals surface area contributed by atoms with Crippen molar-refractivity contribution in [3.05, 3.63) is 65.0 Å². The van der Waals surface area contributed by atoms with Gasteiger partial charge in [0.2, 0.25) is 0 Å². The average Bonchev–Trinajstić information content (AvgIpc) is 2.52. The van der Waals surface area contributed by atoms with Crippen molar-refractivity contribution in [2.75, 3.05) is 13.3 Å². The zero-order valence-electron chi connectivity index (χ0n) is 11.8. The van der Waals surface area contributed by atoms with Gasteiger partial charge < -0.3 is 14.8 Å². The summed E-state index contributed by atoms with van der Waals surface area (Å²) in [5.41, 5.74) is 2.93. The van der Waals surface area contributed by atoms with Gasteiger partial charge in [0.1, 0.15) is 11.6 Å². The van der Waals surface area contributed by atoms with E-state index in [2.05, 4.69) is 17.4 Å². The van der Waals surface area contributed by atoms with Crippen LogP contribution in [0.15, 0.2) is 42.5 Å². The Morgan fingerprint density at radius 2 is 2.00 bits per heavy atom. The van der Waals surface area contributed by atoms with E-state index in [4.69, 9.17) is 9.47 Å². The van der Waals surface area contributed by atoms with Crippen LogP contribution >= 0.6 is 0 Å². The standard InChI is InChI=1S/C17H18FNO2/c18-16-8-14(17-15(9-16)11-20-12-21-17)6-7-19-10-13-4-2-1-3-5-13/h1-5,8-9,19H,6-7,10-12H2. The van der Waals surface area contributed by atoms with E-state index >= 15 is 0 Å². The smallest absolute Gasteiger partial charge is 0.189 e. The van der Waals surface area contributed by atoms with Gasteiger partial charge in [-0.1, -0.05) is 30.3 Å². The third-order valence-electron chi connectivity index (χ3n) is 3.49. The van der Waals surface area contributed by atoms with Gasteiger partial charge in [-0.15, -0.1) is 0 Å². The summed E-state index contributed by atoms with van der Waals surface area (Å²) in [6.45, 7) is 2.23. The third-order valence-corrected chi connectivity index (χ3v) is 3.49. The molecule has 0 radical (unpaired) electrons. The molecule has 2 aromatic rings. The SMILES string of the molecule is Fc1cc(CCNCc2ccccc2)c2c(c1)COCO2. The highest BCUT2D eigenvalue weighted by Gasteiger charge is 2.16. The van der Waals surface area contributed by atoms with Crippen molar-refractivity contribution in [1.82, 2.24) is 5.32 Å². The Kier molecular flexibility index (Phi) is 4.48. The fourth-order valence-corrected chi connectivity index (χ4v) is 2.49. The second kappa shape index (κ2) is 6.70. The van der Waals surface area contributed by atoms with E-state index in [9.17, 15) is 4.39 Å². The largest absolute Gasteiger partial charge is 0.467 e. The maximum atomic E-state index is 13.6. The van der Waals surface area contributed by atoms with Crippen LogP contribution in [0.2, 0.25) is 0 Å². The highest BCUT2D eigenvalue weighted by atomic mass is 19.1. The van der Waals surface area contributed by atoms with Gasteiger partial charge in [-0.3, -0.25) is 0 Å². The van der Waals surface area contributed by atoms with Crippen LogP contribution in [0.25, 0.3) is 0 Å². The Hall–Kier alpha value is -1.91. The molecule has 1 heterocycles. The van der Waals surface area contributed by atoms with Crippen molar-refractivity contribution >= 4 is 0 Å². The van der Waals surface area contributed by atoms with Crippen LogP contribution in [0.4, 0.5) is 4.39 Å². The van der Waals surface area contributed by atoms with Gasteiger partial charge in [0.25, 0.3) is 0 Å². The number of benzene rings is 2. The summed E-state index contributed by atoms with van der Waals surface area (Å²) in [4.78, 5) is 0. The van der Waals surface area contributed by atoms with Gasteiger partial charge in [0, 0.05) is 12.1 Å². The minimum absolute atomic E-state index is 0.235. The molecule has 0 saturated heterocycles. The Bertz CT molecular complexity index is 601. The van der Waals surface area contributed by atoms with Crippen LogP contribution in [0.1, 0.15) is 16.7 Å². The normalized spacial score (nSPS) is 13.6. The van der Waals surface area contributed by atoms with Crippen molar-refractivity contribution < 1.29 is 13.9 Å². The zero-order chi connectivity index (χ0) is 14.5. The molecule has 0 atom stereocenters. The summed E-state index contributed by atoms with van der Waals surface area (Å²) >= 11 is 0. The quantitative estimate of drug-likeness (QED) is 0.858. The molecule has 4 heteroatoms. The van der Waals surface area contributed by atoms with Gasteiger partial charge in [-0.2, -0.15) is 0 Å². The first-order chi connectivity index (χ1) is 10.3. The highest BCUT2D eigenvalue weighted by molar-refractivity contribution is 5.42. The molecule has 0 spiro atoms. The third kappa shape index (κ3) is 3.60. The van der Waals surface area contributed by atoms with E-state index < -0.39 is 0 Å².